The maximum Gasteiger partial charge on any atom is 0.273 e. The van der Waals surface area contributed by atoms with Crippen molar-refractivity contribution in [3.63, 3.8) is 0 Å². The van der Waals surface area contributed by atoms with E-state index in [0.717, 1.165) is 40.7 Å². The Balaban J connectivity index is 1.44. The molecular formula is C19H18N2O3. The van der Waals surface area contributed by atoms with Gasteiger partial charge in [-0.05, 0) is 47.4 Å². The summed E-state index contributed by atoms with van der Waals surface area (Å²) in [6, 6.07) is 13.8. The fourth-order valence-electron chi connectivity index (χ4n) is 2.74. The lowest BCUT2D eigenvalue weighted by molar-refractivity contribution is 0.0941. The molecule has 3 aromatic rings. The zero-order valence-corrected chi connectivity index (χ0v) is 13.4. The number of carbonyl (C=O) groups is 1. The predicted molar refractivity (Wildman–Crippen MR) is 90.1 cm³/mol. The van der Waals surface area contributed by atoms with Gasteiger partial charge in [-0.1, -0.05) is 23.4 Å². The van der Waals surface area contributed by atoms with Gasteiger partial charge < -0.3 is 14.6 Å². The third-order valence-corrected chi connectivity index (χ3v) is 4.31. The molecule has 122 valence electrons. The summed E-state index contributed by atoms with van der Waals surface area (Å²) < 4.78 is 10.4. The molecule has 1 aliphatic carbocycles. The van der Waals surface area contributed by atoms with E-state index in [2.05, 4.69) is 16.5 Å². The van der Waals surface area contributed by atoms with E-state index in [9.17, 15) is 4.79 Å². The zero-order chi connectivity index (χ0) is 16.5. The van der Waals surface area contributed by atoms with Gasteiger partial charge in [0.25, 0.3) is 5.91 Å². The second-order valence-electron chi connectivity index (χ2n) is 6.12. The molecular weight excluding hydrogens is 304 g/mol. The molecule has 24 heavy (non-hydrogen) atoms. The molecule has 0 radical (unpaired) electrons. The van der Waals surface area contributed by atoms with E-state index in [0.29, 0.717) is 18.2 Å². The maximum atomic E-state index is 12.2. The minimum Gasteiger partial charge on any atom is -0.497 e. The summed E-state index contributed by atoms with van der Waals surface area (Å²) >= 11 is 0. The summed E-state index contributed by atoms with van der Waals surface area (Å²) in [5, 5.41) is 8.96. The molecule has 0 saturated heterocycles. The number of fused-ring (bicyclic) bond motifs is 1. The van der Waals surface area contributed by atoms with Gasteiger partial charge in [-0.3, -0.25) is 4.79 Å². The molecule has 1 amide bonds. The molecule has 1 aromatic heterocycles. The number of methoxy groups -OCH3 is 1. The molecule has 0 aliphatic heterocycles. The van der Waals surface area contributed by atoms with Crippen LogP contribution in [0.15, 0.2) is 47.0 Å². The summed E-state index contributed by atoms with van der Waals surface area (Å²) in [6.45, 7) is 0.451. The van der Waals surface area contributed by atoms with Crippen LogP contribution >= 0.6 is 0 Å². The maximum absolute atomic E-state index is 12.2. The molecule has 0 bridgehead atoms. The highest BCUT2D eigenvalue weighted by Gasteiger charge is 2.28. The summed E-state index contributed by atoms with van der Waals surface area (Å²) in [5.41, 5.74) is 1.38. The van der Waals surface area contributed by atoms with Crippen LogP contribution in [-0.4, -0.2) is 18.2 Å². The van der Waals surface area contributed by atoms with Gasteiger partial charge in [0, 0.05) is 18.5 Å². The van der Waals surface area contributed by atoms with E-state index >= 15 is 0 Å². The third-order valence-electron chi connectivity index (χ3n) is 4.31. The average molecular weight is 322 g/mol. The van der Waals surface area contributed by atoms with Crippen LogP contribution in [0.1, 0.15) is 40.6 Å². The molecule has 1 saturated carbocycles. The van der Waals surface area contributed by atoms with Crippen molar-refractivity contribution in [1.82, 2.24) is 10.5 Å². The number of rotatable bonds is 5. The zero-order valence-electron chi connectivity index (χ0n) is 13.4. The SMILES string of the molecule is COc1ccc2cc(CNC(=O)c3cc(C4CC4)on3)ccc2c1. The van der Waals surface area contributed by atoms with Crippen LogP contribution in [0.3, 0.4) is 0 Å². The van der Waals surface area contributed by atoms with E-state index in [4.69, 9.17) is 9.26 Å². The highest BCUT2D eigenvalue weighted by molar-refractivity contribution is 5.92. The largest absolute Gasteiger partial charge is 0.497 e. The molecule has 1 heterocycles. The Morgan fingerprint density at radius 3 is 2.79 bits per heavy atom. The highest BCUT2D eigenvalue weighted by atomic mass is 16.5. The van der Waals surface area contributed by atoms with E-state index < -0.39 is 0 Å². The van der Waals surface area contributed by atoms with Crippen molar-refractivity contribution in [1.29, 1.82) is 0 Å². The van der Waals surface area contributed by atoms with Gasteiger partial charge in [0.2, 0.25) is 0 Å². The monoisotopic (exact) mass is 322 g/mol. The van der Waals surface area contributed by atoms with Crippen molar-refractivity contribution in [2.45, 2.75) is 25.3 Å². The molecule has 0 unspecified atom stereocenters. The topological polar surface area (TPSA) is 64.4 Å². The number of benzene rings is 2. The Morgan fingerprint density at radius 1 is 1.21 bits per heavy atom. The highest BCUT2D eigenvalue weighted by Crippen LogP contribution is 2.40. The minimum atomic E-state index is -0.208. The number of nitrogens with zero attached hydrogens (tertiary/aromatic N) is 1. The van der Waals surface area contributed by atoms with Crippen LogP contribution in [-0.2, 0) is 6.54 Å². The molecule has 0 spiro atoms. The number of ether oxygens (including phenoxy) is 1. The van der Waals surface area contributed by atoms with Crippen LogP contribution < -0.4 is 10.1 Å². The fraction of sp³-hybridized carbons (Fsp3) is 0.263. The molecule has 1 fully saturated rings. The Morgan fingerprint density at radius 2 is 2.00 bits per heavy atom. The number of carbonyl (C=O) groups excluding carboxylic acids is 1. The lowest BCUT2D eigenvalue weighted by Crippen LogP contribution is -2.23. The number of amides is 1. The number of hydrogen-bond donors (Lipinski definition) is 1. The predicted octanol–water partition coefficient (Wildman–Crippen LogP) is 3.64. The van der Waals surface area contributed by atoms with Crippen LogP contribution in [0.25, 0.3) is 10.8 Å². The summed E-state index contributed by atoms with van der Waals surface area (Å²) in [4.78, 5) is 12.2. The first-order valence-corrected chi connectivity index (χ1v) is 8.04. The Bertz CT molecular complexity index is 897. The quantitative estimate of drug-likeness (QED) is 0.779. The standard InChI is InChI=1S/C19H18N2O3/c1-23-16-7-6-14-8-12(2-3-15(14)9-16)11-20-19(22)17-10-18(24-21-17)13-4-5-13/h2-3,6-10,13H,4-5,11H2,1H3,(H,20,22). The first kappa shape index (κ1) is 14.8. The smallest absolute Gasteiger partial charge is 0.273 e. The van der Waals surface area contributed by atoms with Crippen molar-refractivity contribution in [3.8, 4) is 5.75 Å². The fourth-order valence-corrected chi connectivity index (χ4v) is 2.74. The van der Waals surface area contributed by atoms with Crippen LogP contribution in [0.2, 0.25) is 0 Å². The molecule has 1 N–H and O–H groups in total. The van der Waals surface area contributed by atoms with Gasteiger partial charge >= 0.3 is 0 Å². The Labute approximate surface area is 139 Å². The normalized spacial score (nSPS) is 13.9. The summed E-state index contributed by atoms with van der Waals surface area (Å²) in [5.74, 6) is 1.90. The van der Waals surface area contributed by atoms with E-state index in [-0.39, 0.29) is 5.91 Å². The van der Waals surface area contributed by atoms with Crippen molar-refractivity contribution >= 4 is 16.7 Å². The lowest BCUT2D eigenvalue weighted by atomic mass is 10.1. The van der Waals surface area contributed by atoms with Gasteiger partial charge in [0.15, 0.2) is 5.69 Å². The van der Waals surface area contributed by atoms with Crippen molar-refractivity contribution < 1.29 is 14.1 Å². The molecule has 4 rings (SSSR count). The first-order chi connectivity index (χ1) is 11.7. The number of hydrogen-bond acceptors (Lipinski definition) is 4. The number of aromatic nitrogens is 1. The van der Waals surface area contributed by atoms with Gasteiger partial charge in [-0.15, -0.1) is 0 Å². The average Bonchev–Trinajstić information content (AvgIpc) is 3.35. The third kappa shape index (κ3) is 2.97. The van der Waals surface area contributed by atoms with Crippen LogP contribution in [0.5, 0.6) is 5.75 Å². The second kappa shape index (κ2) is 6.00. The van der Waals surface area contributed by atoms with Gasteiger partial charge in [-0.2, -0.15) is 0 Å². The molecule has 2 aromatic carbocycles. The molecule has 5 heteroatoms. The Hall–Kier alpha value is -2.82. The lowest BCUT2D eigenvalue weighted by Gasteiger charge is -2.06. The van der Waals surface area contributed by atoms with Crippen molar-refractivity contribution in [2.24, 2.45) is 0 Å². The van der Waals surface area contributed by atoms with Gasteiger partial charge in [-0.25, -0.2) is 0 Å². The van der Waals surface area contributed by atoms with Gasteiger partial charge in [0.05, 0.1) is 7.11 Å². The van der Waals surface area contributed by atoms with Crippen LogP contribution in [0, 0.1) is 0 Å². The molecule has 1 aliphatic rings. The van der Waals surface area contributed by atoms with E-state index in [1.165, 1.54) is 0 Å². The van der Waals surface area contributed by atoms with Crippen molar-refractivity contribution in [2.75, 3.05) is 7.11 Å². The number of nitrogens with one attached hydrogen (secondary N) is 1. The van der Waals surface area contributed by atoms with E-state index in [1.54, 1.807) is 13.2 Å². The second-order valence-corrected chi connectivity index (χ2v) is 6.12. The Kier molecular flexibility index (Phi) is 3.69. The summed E-state index contributed by atoms with van der Waals surface area (Å²) in [7, 11) is 1.66. The summed E-state index contributed by atoms with van der Waals surface area (Å²) in [6.07, 6.45) is 2.25. The van der Waals surface area contributed by atoms with Gasteiger partial charge in [0.1, 0.15) is 11.5 Å². The first-order valence-electron chi connectivity index (χ1n) is 8.04. The van der Waals surface area contributed by atoms with Crippen molar-refractivity contribution in [3.05, 3.63) is 59.5 Å². The molecule has 0 atom stereocenters. The van der Waals surface area contributed by atoms with E-state index in [1.807, 2.05) is 30.3 Å². The molecule has 5 nitrogen and oxygen atoms in total. The van der Waals surface area contributed by atoms with Crippen LogP contribution in [0.4, 0.5) is 0 Å². The minimum absolute atomic E-state index is 0.208.